The number of carbonyl (C=O) groups excluding carboxylic acids is 1. The lowest BCUT2D eigenvalue weighted by Gasteiger charge is -2.34. The molecule has 1 aliphatic heterocycles. The van der Waals surface area contributed by atoms with Gasteiger partial charge in [-0.15, -0.1) is 11.8 Å². The zero-order valence-corrected chi connectivity index (χ0v) is 14.8. The molecular formula is C16H21ClN2O3S. The number of benzene rings is 1. The average molecular weight is 357 g/mol. The zero-order chi connectivity index (χ0) is 17.0. The number of thioether (sulfide) groups is 1. The zero-order valence-electron chi connectivity index (χ0n) is 13.2. The summed E-state index contributed by atoms with van der Waals surface area (Å²) in [4.78, 5) is 26.3. The molecule has 2 amide bonds. The van der Waals surface area contributed by atoms with Crippen LogP contribution < -0.4 is 5.32 Å². The Balaban J connectivity index is 2.12. The van der Waals surface area contributed by atoms with E-state index in [2.05, 4.69) is 5.32 Å². The van der Waals surface area contributed by atoms with Gasteiger partial charge in [0.1, 0.15) is 0 Å². The second kappa shape index (κ2) is 7.93. The first kappa shape index (κ1) is 17.9. The van der Waals surface area contributed by atoms with E-state index in [1.807, 2.05) is 19.9 Å². The summed E-state index contributed by atoms with van der Waals surface area (Å²) in [6.45, 7) is 4.80. The number of hydrogen-bond acceptors (Lipinski definition) is 3. The number of amides is 2. The molecule has 0 radical (unpaired) electrons. The number of anilines is 1. The van der Waals surface area contributed by atoms with Gasteiger partial charge in [-0.3, -0.25) is 4.79 Å². The molecule has 1 fully saturated rings. The second-order valence-corrected chi connectivity index (χ2v) is 7.53. The Labute approximate surface area is 145 Å². The van der Waals surface area contributed by atoms with Gasteiger partial charge in [0, 0.05) is 23.0 Å². The summed E-state index contributed by atoms with van der Waals surface area (Å²) in [5.74, 6) is -0.307. The van der Waals surface area contributed by atoms with E-state index >= 15 is 0 Å². The third-order valence-corrected chi connectivity index (χ3v) is 4.97. The molecule has 0 saturated carbocycles. The van der Waals surface area contributed by atoms with Crippen LogP contribution in [-0.2, 0) is 4.79 Å². The molecule has 0 aromatic heterocycles. The van der Waals surface area contributed by atoms with Crippen LogP contribution in [0.4, 0.5) is 10.5 Å². The monoisotopic (exact) mass is 356 g/mol. The summed E-state index contributed by atoms with van der Waals surface area (Å²) in [5, 5.41) is 12.6. The van der Waals surface area contributed by atoms with Gasteiger partial charge in [-0.25, -0.2) is 4.79 Å². The summed E-state index contributed by atoms with van der Waals surface area (Å²) >= 11 is 7.64. The topological polar surface area (TPSA) is 69.6 Å². The van der Waals surface area contributed by atoms with Crippen molar-refractivity contribution in [3.8, 4) is 0 Å². The summed E-state index contributed by atoms with van der Waals surface area (Å²) in [5.41, 5.74) is 0.666. The summed E-state index contributed by atoms with van der Waals surface area (Å²) in [6, 6.07) is 5.12. The van der Waals surface area contributed by atoms with E-state index in [0.717, 1.165) is 10.6 Å². The van der Waals surface area contributed by atoms with Crippen LogP contribution in [0.3, 0.4) is 0 Å². The number of likely N-dealkylation sites (tertiary alicyclic amines) is 1. The Kier molecular flexibility index (Phi) is 6.18. The highest BCUT2D eigenvalue weighted by atomic mass is 35.5. The molecule has 2 unspecified atom stereocenters. The molecule has 2 rings (SSSR count). The molecule has 0 bridgehead atoms. The van der Waals surface area contributed by atoms with E-state index in [4.69, 9.17) is 11.6 Å². The number of hydrogen-bond donors (Lipinski definition) is 2. The molecule has 1 heterocycles. The van der Waals surface area contributed by atoms with E-state index in [9.17, 15) is 14.7 Å². The quantitative estimate of drug-likeness (QED) is 0.799. The average Bonchev–Trinajstić information content (AvgIpc) is 2.49. The predicted octanol–water partition coefficient (Wildman–Crippen LogP) is 4.03. The minimum atomic E-state index is -0.848. The Bertz CT molecular complexity index is 597. The van der Waals surface area contributed by atoms with Gasteiger partial charge in [0.15, 0.2) is 0 Å². The van der Waals surface area contributed by atoms with Crippen LogP contribution >= 0.6 is 23.4 Å². The van der Waals surface area contributed by atoms with Crippen LogP contribution in [0.1, 0.15) is 20.3 Å². The van der Waals surface area contributed by atoms with Crippen LogP contribution in [0, 0.1) is 11.8 Å². The van der Waals surface area contributed by atoms with Crippen LogP contribution in [-0.4, -0.2) is 40.8 Å². The lowest BCUT2D eigenvalue weighted by molar-refractivity contribution is -0.143. The van der Waals surface area contributed by atoms with Gasteiger partial charge in [-0.1, -0.05) is 25.4 Å². The highest BCUT2D eigenvalue weighted by Crippen LogP contribution is 2.30. The van der Waals surface area contributed by atoms with E-state index < -0.39 is 11.9 Å². The first-order valence-electron chi connectivity index (χ1n) is 7.61. The highest BCUT2D eigenvalue weighted by molar-refractivity contribution is 7.99. The fourth-order valence-corrected chi connectivity index (χ4v) is 3.68. The van der Waals surface area contributed by atoms with Crippen molar-refractivity contribution >= 4 is 41.1 Å². The van der Waals surface area contributed by atoms with E-state index in [1.165, 1.54) is 0 Å². The van der Waals surface area contributed by atoms with Crippen molar-refractivity contribution < 1.29 is 14.7 Å². The minimum Gasteiger partial charge on any atom is -0.481 e. The molecule has 2 N–H and O–H groups in total. The van der Waals surface area contributed by atoms with Gasteiger partial charge < -0.3 is 15.3 Å². The van der Waals surface area contributed by atoms with Gasteiger partial charge in [0.25, 0.3) is 0 Å². The lowest BCUT2D eigenvalue weighted by atomic mass is 9.91. The fourth-order valence-electron chi connectivity index (χ4n) is 2.77. The number of nitrogens with one attached hydrogen (secondary N) is 1. The van der Waals surface area contributed by atoms with Crippen LogP contribution in [0.25, 0.3) is 0 Å². The summed E-state index contributed by atoms with van der Waals surface area (Å²) in [7, 11) is 0. The van der Waals surface area contributed by atoms with E-state index in [-0.39, 0.29) is 18.5 Å². The number of piperidine rings is 1. The van der Waals surface area contributed by atoms with Crippen LogP contribution in [0.15, 0.2) is 23.1 Å². The van der Waals surface area contributed by atoms with Gasteiger partial charge in [0.05, 0.1) is 11.6 Å². The smallest absolute Gasteiger partial charge is 0.321 e. The van der Waals surface area contributed by atoms with Gasteiger partial charge in [-0.05, 0) is 36.3 Å². The van der Waals surface area contributed by atoms with Crippen molar-refractivity contribution in [2.45, 2.75) is 25.2 Å². The minimum absolute atomic E-state index is 0.166. The molecule has 7 heteroatoms. The second-order valence-electron chi connectivity index (χ2n) is 5.78. The summed E-state index contributed by atoms with van der Waals surface area (Å²) in [6.07, 6.45) is 0.604. The normalized spacial score (nSPS) is 21.1. The number of aliphatic carboxylic acids is 1. The SMILES string of the molecule is CCSc1ccc(Cl)cc1NC(=O)N1CC(C)CC(C(=O)O)C1. The van der Waals surface area contributed by atoms with Crippen molar-refractivity contribution in [2.24, 2.45) is 11.8 Å². The predicted molar refractivity (Wildman–Crippen MR) is 93.3 cm³/mol. The van der Waals surface area contributed by atoms with Gasteiger partial charge in [0.2, 0.25) is 0 Å². The maximum absolute atomic E-state index is 12.5. The highest BCUT2D eigenvalue weighted by Gasteiger charge is 2.32. The Morgan fingerprint density at radius 3 is 2.83 bits per heavy atom. The molecule has 2 atom stereocenters. The summed E-state index contributed by atoms with van der Waals surface area (Å²) < 4.78 is 0. The molecule has 1 saturated heterocycles. The number of carbonyl (C=O) groups is 2. The lowest BCUT2D eigenvalue weighted by Crippen LogP contribution is -2.47. The largest absolute Gasteiger partial charge is 0.481 e. The first-order chi connectivity index (χ1) is 10.9. The first-order valence-corrected chi connectivity index (χ1v) is 8.98. The number of urea groups is 1. The fraction of sp³-hybridized carbons (Fsp3) is 0.500. The number of carboxylic acid groups (broad SMARTS) is 1. The molecule has 23 heavy (non-hydrogen) atoms. The van der Waals surface area contributed by atoms with Crippen molar-refractivity contribution in [3.05, 3.63) is 23.2 Å². The third kappa shape index (κ3) is 4.78. The van der Waals surface area contributed by atoms with Crippen LogP contribution in [0.5, 0.6) is 0 Å². The van der Waals surface area contributed by atoms with Crippen LogP contribution in [0.2, 0.25) is 5.02 Å². The number of halogens is 1. The Hall–Kier alpha value is -1.40. The van der Waals surface area contributed by atoms with Crippen molar-refractivity contribution in [2.75, 3.05) is 24.2 Å². The van der Waals surface area contributed by atoms with Gasteiger partial charge >= 0.3 is 12.0 Å². The third-order valence-electron chi connectivity index (χ3n) is 3.78. The molecule has 1 aromatic carbocycles. The molecule has 1 aliphatic rings. The molecule has 5 nitrogen and oxygen atoms in total. The molecule has 126 valence electrons. The standard InChI is InChI=1S/C16H21ClN2O3S/c1-3-23-14-5-4-12(17)7-13(14)18-16(22)19-8-10(2)6-11(9-19)15(20)21/h4-5,7,10-11H,3,6,8-9H2,1-2H3,(H,18,22)(H,20,21). The molecule has 0 aliphatic carbocycles. The maximum atomic E-state index is 12.5. The Morgan fingerprint density at radius 2 is 2.17 bits per heavy atom. The molecule has 1 aromatic rings. The van der Waals surface area contributed by atoms with Crippen molar-refractivity contribution in [3.63, 3.8) is 0 Å². The van der Waals surface area contributed by atoms with Crippen molar-refractivity contribution in [1.82, 2.24) is 4.90 Å². The maximum Gasteiger partial charge on any atom is 0.321 e. The number of rotatable bonds is 4. The van der Waals surface area contributed by atoms with E-state index in [0.29, 0.717) is 23.7 Å². The number of nitrogens with zero attached hydrogens (tertiary/aromatic N) is 1. The Morgan fingerprint density at radius 1 is 1.43 bits per heavy atom. The van der Waals surface area contributed by atoms with Gasteiger partial charge in [-0.2, -0.15) is 0 Å². The molecule has 0 spiro atoms. The van der Waals surface area contributed by atoms with E-state index in [1.54, 1.807) is 28.8 Å². The molecular weight excluding hydrogens is 336 g/mol. The van der Waals surface area contributed by atoms with Crippen molar-refractivity contribution in [1.29, 1.82) is 0 Å². The number of carboxylic acids is 1.